The zero-order valence-corrected chi connectivity index (χ0v) is 10.1. The van der Waals surface area contributed by atoms with E-state index in [4.69, 9.17) is 4.74 Å². The van der Waals surface area contributed by atoms with Crippen molar-refractivity contribution in [3.8, 4) is 0 Å². The van der Waals surface area contributed by atoms with Crippen molar-refractivity contribution in [2.24, 2.45) is 0 Å². The minimum Gasteiger partial charge on any atom is -0.364 e. The Kier molecular flexibility index (Phi) is 4.54. The van der Waals surface area contributed by atoms with Gasteiger partial charge in [-0.3, -0.25) is 4.79 Å². The summed E-state index contributed by atoms with van der Waals surface area (Å²) in [5.41, 5.74) is 0. The Morgan fingerprint density at radius 3 is 2.73 bits per heavy atom. The van der Waals surface area contributed by atoms with Gasteiger partial charge in [0, 0.05) is 20.1 Å². The number of rotatable bonds is 3. The van der Waals surface area contributed by atoms with Gasteiger partial charge in [-0.2, -0.15) is 0 Å². The summed E-state index contributed by atoms with van der Waals surface area (Å²) in [4.78, 5) is 13.2. The molecule has 1 fully saturated rings. The molecule has 0 radical (unpaired) electrons. The molecule has 1 amide bonds. The molecular weight excluding hydrogens is 192 g/mol. The SMILES string of the molecule is CC(OC1CCCNC1C)C(=O)N(C)C. The Balaban J connectivity index is 2.42. The van der Waals surface area contributed by atoms with Crippen LogP contribution in [0.25, 0.3) is 0 Å². The fourth-order valence-corrected chi connectivity index (χ4v) is 1.88. The number of hydrogen-bond donors (Lipinski definition) is 1. The summed E-state index contributed by atoms with van der Waals surface area (Å²) in [7, 11) is 3.51. The molecule has 1 saturated heterocycles. The molecule has 0 aromatic rings. The molecule has 3 unspecified atom stereocenters. The Labute approximate surface area is 92.0 Å². The largest absolute Gasteiger partial charge is 0.364 e. The number of amides is 1. The maximum absolute atomic E-state index is 11.6. The summed E-state index contributed by atoms with van der Waals surface area (Å²) in [6.07, 6.45) is 1.99. The van der Waals surface area contributed by atoms with E-state index in [2.05, 4.69) is 12.2 Å². The Bertz CT molecular complexity index is 219. The second-order valence-corrected chi connectivity index (χ2v) is 4.43. The molecule has 1 aliphatic heterocycles. The molecule has 0 spiro atoms. The second kappa shape index (κ2) is 5.47. The van der Waals surface area contributed by atoms with Crippen molar-refractivity contribution in [2.45, 2.75) is 44.9 Å². The molecule has 4 nitrogen and oxygen atoms in total. The third-order valence-electron chi connectivity index (χ3n) is 2.86. The van der Waals surface area contributed by atoms with Gasteiger partial charge < -0.3 is 15.0 Å². The lowest BCUT2D eigenvalue weighted by atomic mass is 10.0. The number of carbonyl (C=O) groups excluding carboxylic acids is 1. The van der Waals surface area contributed by atoms with Gasteiger partial charge in [-0.05, 0) is 33.2 Å². The fourth-order valence-electron chi connectivity index (χ4n) is 1.88. The average Bonchev–Trinajstić information content (AvgIpc) is 2.20. The lowest BCUT2D eigenvalue weighted by Crippen LogP contribution is -2.47. The van der Waals surface area contributed by atoms with Crippen LogP contribution in [0.4, 0.5) is 0 Å². The molecule has 1 rings (SSSR count). The van der Waals surface area contributed by atoms with Crippen LogP contribution in [-0.4, -0.2) is 49.7 Å². The molecule has 0 bridgehead atoms. The standard InChI is InChI=1S/C11H22N2O2/c1-8-10(6-5-7-12-8)15-9(2)11(14)13(3)4/h8-10,12H,5-7H2,1-4H3. The van der Waals surface area contributed by atoms with Gasteiger partial charge >= 0.3 is 0 Å². The molecule has 1 N–H and O–H groups in total. The highest BCUT2D eigenvalue weighted by Gasteiger charge is 2.26. The van der Waals surface area contributed by atoms with Crippen LogP contribution < -0.4 is 5.32 Å². The van der Waals surface area contributed by atoms with Crippen molar-refractivity contribution in [1.29, 1.82) is 0 Å². The molecule has 0 aliphatic carbocycles. The predicted octanol–water partition coefficient (Wildman–Crippen LogP) is 0.620. The first-order valence-corrected chi connectivity index (χ1v) is 5.62. The Morgan fingerprint density at radius 2 is 2.20 bits per heavy atom. The van der Waals surface area contributed by atoms with Crippen LogP contribution in [0.2, 0.25) is 0 Å². The molecule has 0 saturated carbocycles. The van der Waals surface area contributed by atoms with Gasteiger partial charge in [0.25, 0.3) is 5.91 Å². The number of carbonyl (C=O) groups is 1. The molecule has 15 heavy (non-hydrogen) atoms. The van der Waals surface area contributed by atoms with E-state index in [9.17, 15) is 4.79 Å². The smallest absolute Gasteiger partial charge is 0.250 e. The third kappa shape index (κ3) is 3.47. The van der Waals surface area contributed by atoms with E-state index in [1.807, 2.05) is 6.92 Å². The Hall–Kier alpha value is -0.610. The van der Waals surface area contributed by atoms with Crippen molar-refractivity contribution in [3.05, 3.63) is 0 Å². The van der Waals surface area contributed by atoms with Crippen LogP contribution in [-0.2, 0) is 9.53 Å². The van der Waals surface area contributed by atoms with E-state index in [0.717, 1.165) is 19.4 Å². The maximum Gasteiger partial charge on any atom is 0.250 e. The van der Waals surface area contributed by atoms with E-state index in [1.165, 1.54) is 0 Å². The predicted molar refractivity (Wildman–Crippen MR) is 59.7 cm³/mol. The fraction of sp³-hybridized carbons (Fsp3) is 0.909. The lowest BCUT2D eigenvalue weighted by Gasteiger charge is -2.32. The van der Waals surface area contributed by atoms with Gasteiger partial charge in [0.1, 0.15) is 6.10 Å². The minimum absolute atomic E-state index is 0.0350. The summed E-state index contributed by atoms with van der Waals surface area (Å²) in [5.74, 6) is 0.0350. The normalized spacial score (nSPS) is 28.5. The Morgan fingerprint density at radius 1 is 1.53 bits per heavy atom. The summed E-state index contributed by atoms with van der Waals surface area (Å²) in [6, 6.07) is 0.344. The quantitative estimate of drug-likeness (QED) is 0.749. The van der Waals surface area contributed by atoms with Crippen molar-refractivity contribution in [2.75, 3.05) is 20.6 Å². The van der Waals surface area contributed by atoms with Crippen LogP contribution in [0.15, 0.2) is 0 Å². The van der Waals surface area contributed by atoms with Crippen LogP contribution >= 0.6 is 0 Å². The summed E-state index contributed by atoms with van der Waals surface area (Å²) in [6.45, 7) is 4.98. The molecule has 1 heterocycles. The number of hydrogen-bond acceptors (Lipinski definition) is 3. The van der Waals surface area contributed by atoms with Crippen molar-refractivity contribution in [1.82, 2.24) is 10.2 Å². The van der Waals surface area contributed by atoms with Gasteiger partial charge in [-0.1, -0.05) is 0 Å². The second-order valence-electron chi connectivity index (χ2n) is 4.43. The van der Waals surface area contributed by atoms with Crippen LogP contribution in [0.3, 0.4) is 0 Å². The zero-order chi connectivity index (χ0) is 11.4. The van der Waals surface area contributed by atoms with E-state index in [-0.39, 0.29) is 18.1 Å². The van der Waals surface area contributed by atoms with E-state index in [1.54, 1.807) is 19.0 Å². The molecule has 1 aliphatic rings. The van der Waals surface area contributed by atoms with Crippen molar-refractivity contribution >= 4 is 5.91 Å². The van der Waals surface area contributed by atoms with Gasteiger partial charge in [-0.25, -0.2) is 0 Å². The zero-order valence-electron chi connectivity index (χ0n) is 10.1. The number of ether oxygens (including phenoxy) is 1. The van der Waals surface area contributed by atoms with E-state index in [0.29, 0.717) is 6.04 Å². The van der Waals surface area contributed by atoms with Gasteiger partial charge in [-0.15, -0.1) is 0 Å². The summed E-state index contributed by atoms with van der Waals surface area (Å²) < 4.78 is 5.77. The number of likely N-dealkylation sites (N-methyl/N-ethyl adjacent to an activating group) is 1. The summed E-state index contributed by atoms with van der Waals surface area (Å²) >= 11 is 0. The van der Waals surface area contributed by atoms with E-state index >= 15 is 0 Å². The average molecular weight is 214 g/mol. The summed E-state index contributed by atoms with van der Waals surface area (Å²) in [5, 5.41) is 3.36. The highest BCUT2D eigenvalue weighted by Crippen LogP contribution is 2.14. The third-order valence-corrected chi connectivity index (χ3v) is 2.86. The molecule has 88 valence electrons. The maximum atomic E-state index is 11.6. The molecular formula is C11H22N2O2. The number of nitrogens with one attached hydrogen (secondary N) is 1. The monoisotopic (exact) mass is 214 g/mol. The van der Waals surface area contributed by atoms with E-state index < -0.39 is 0 Å². The van der Waals surface area contributed by atoms with Gasteiger partial charge in [0.15, 0.2) is 0 Å². The number of piperidine rings is 1. The van der Waals surface area contributed by atoms with Crippen molar-refractivity contribution < 1.29 is 9.53 Å². The van der Waals surface area contributed by atoms with Gasteiger partial charge in [0.05, 0.1) is 6.10 Å². The van der Waals surface area contributed by atoms with Crippen LogP contribution in [0.5, 0.6) is 0 Å². The lowest BCUT2D eigenvalue weighted by molar-refractivity contribution is -0.145. The highest BCUT2D eigenvalue weighted by atomic mass is 16.5. The minimum atomic E-state index is -0.340. The highest BCUT2D eigenvalue weighted by molar-refractivity contribution is 5.79. The van der Waals surface area contributed by atoms with Gasteiger partial charge in [0.2, 0.25) is 0 Å². The van der Waals surface area contributed by atoms with Crippen LogP contribution in [0, 0.1) is 0 Å². The first-order valence-electron chi connectivity index (χ1n) is 5.62. The molecule has 4 heteroatoms. The molecule has 0 aromatic heterocycles. The first-order chi connectivity index (χ1) is 7.02. The number of nitrogens with zero attached hydrogens (tertiary/aromatic N) is 1. The molecule has 3 atom stereocenters. The van der Waals surface area contributed by atoms with Crippen molar-refractivity contribution in [3.63, 3.8) is 0 Å². The molecule has 0 aromatic carbocycles. The first kappa shape index (κ1) is 12.5. The van der Waals surface area contributed by atoms with Crippen LogP contribution in [0.1, 0.15) is 26.7 Å². The topological polar surface area (TPSA) is 41.6 Å².